The first-order valence-electron chi connectivity index (χ1n) is 7.18. The Hall–Kier alpha value is -0.740. The van der Waals surface area contributed by atoms with Crippen molar-refractivity contribution in [1.82, 2.24) is 0 Å². The molecule has 0 saturated carbocycles. The molecule has 20 heavy (non-hydrogen) atoms. The van der Waals surface area contributed by atoms with E-state index < -0.39 is 6.10 Å². The standard InChI is InChI=1S/C16H25BrO3/c1-5-7-8-11(6-2)16(18)12-9-14(19-3)15(20-4)10-13(12)17/h9-11,16,18H,5-8H2,1-4H3. The fraction of sp³-hybridized carbons (Fsp3) is 0.625. The molecule has 0 heterocycles. The lowest BCUT2D eigenvalue weighted by Gasteiger charge is -2.24. The maximum Gasteiger partial charge on any atom is 0.161 e. The summed E-state index contributed by atoms with van der Waals surface area (Å²) in [5.41, 5.74) is 0.866. The Morgan fingerprint density at radius 1 is 1.15 bits per heavy atom. The summed E-state index contributed by atoms with van der Waals surface area (Å²) in [5, 5.41) is 10.6. The van der Waals surface area contributed by atoms with E-state index in [4.69, 9.17) is 9.47 Å². The number of aliphatic hydroxyl groups excluding tert-OH is 1. The molecule has 0 aromatic heterocycles. The fourth-order valence-corrected chi connectivity index (χ4v) is 2.96. The van der Waals surface area contributed by atoms with Crippen molar-refractivity contribution in [3.05, 3.63) is 22.2 Å². The Morgan fingerprint density at radius 2 is 1.75 bits per heavy atom. The SMILES string of the molecule is CCCCC(CC)C(O)c1cc(OC)c(OC)cc1Br. The van der Waals surface area contributed by atoms with Gasteiger partial charge in [0.25, 0.3) is 0 Å². The van der Waals surface area contributed by atoms with Gasteiger partial charge < -0.3 is 14.6 Å². The minimum absolute atomic E-state index is 0.268. The Balaban J connectivity index is 3.04. The molecular weight excluding hydrogens is 320 g/mol. The second kappa shape index (κ2) is 8.53. The van der Waals surface area contributed by atoms with Crippen molar-refractivity contribution < 1.29 is 14.6 Å². The zero-order valence-corrected chi connectivity index (χ0v) is 14.4. The average molecular weight is 345 g/mol. The van der Waals surface area contributed by atoms with E-state index in [1.807, 2.05) is 12.1 Å². The molecule has 0 aliphatic carbocycles. The van der Waals surface area contributed by atoms with E-state index in [2.05, 4.69) is 29.8 Å². The van der Waals surface area contributed by atoms with Crippen LogP contribution in [0.4, 0.5) is 0 Å². The second-order valence-corrected chi connectivity index (χ2v) is 5.84. The molecule has 1 N–H and O–H groups in total. The van der Waals surface area contributed by atoms with E-state index in [-0.39, 0.29) is 5.92 Å². The average Bonchev–Trinajstić information content (AvgIpc) is 2.47. The monoisotopic (exact) mass is 344 g/mol. The third kappa shape index (κ3) is 4.13. The Labute approximate surface area is 130 Å². The lowest BCUT2D eigenvalue weighted by atomic mass is 9.89. The number of ether oxygens (including phenoxy) is 2. The summed E-state index contributed by atoms with van der Waals surface area (Å²) in [6, 6.07) is 3.71. The number of methoxy groups -OCH3 is 2. The number of unbranched alkanes of at least 4 members (excludes halogenated alkanes) is 1. The molecule has 0 aliphatic heterocycles. The molecule has 3 nitrogen and oxygen atoms in total. The Kier molecular flexibility index (Phi) is 7.38. The molecule has 0 bridgehead atoms. The van der Waals surface area contributed by atoms with Gasteiger partial charge in [-0.2, -0.15) is 0 Å². The van der Waals surface area contributed by atoms with Gasteiger partial charge >= 0.3 is 0 Å². The van der Waals surface area contributed by atoms with E-state index in [9.17, 15) is 5.11 Å². The highest BCUT2D eigenvalue weighted by atomic mass is 79.9. The van der Waals surface area contributed by atoms with Gasteiger partial charge in [-0.15, -0.1) is 0 Å². The summed E-state index contributed by atoms with van der Waals surface area (Å²) >= 11 is 3.52. The normalized spacial score (nSPS) is 13.9. The highest BCUT2D eigenvalue weighted by Gasteiger charge is 2.23. The first-order valence-corrected chi connectivity index (χ1v) is 7.97. The maximum atomic E-state index is 10.6. The smallest absolute Gasteiger partial charge is 0.161 e. The molecule has 0 amide bonds. The third-order valence-corrected chi connectivity index (χ3v) is 4.41. The summed E-state index contributed by atoms with van der Waals surface area (Å²) in [6.07, 6.45) is 3.80. The minimum atomic E-state index is -0.485. The zero-order chi connectivity index (χ0) is 15.1. The molecule has 1 aromatic rings. The molecule has 2 unspecified atom stereocenters. The van der Waals surface area contributed by atoms with Crippen LogP contribution >= 0.6 is 15.9 Å². The number of hydrogen-bond donors (Lipinski definition) is 1. The van der Waals surface area contributed by atoms with E-state index in [0.29, 0.717) is 11.5 Å². The zero-order valence-electron chi connectivity index (χ0n) is 12.8. The summed E-state index contributed by atoms with van der Waals surface area (Å²) < 4.78 is 11.4. The van der Waals surface area contributed by atoms with Crippen LogP contribution in [0, 0.1) is 5.92 Å². The lowest BCUT2D eigenvalue weighted by Crippen LogP contribution is -2.13. The highest BCUT2D eigenvalue weighted by Crippen LogP contribution is 2.39. The van der Waals surface area contributed by atoms with E-state index in [1.165, 1.54) is 0 Å². The van der Waals surface area contributed by atoms with Gasteiger partial charge in [-0.05, 0) is 30.0 Å². The first-order chi connectivity index (χ1) is 9.58. The maximum absolute atomic E-state index is 10.6. The minimum Gasteiger partial charge on any atom is -0.493 e. The highest BCUT2D eigenvalue weighted by molar-refractivity contribution is 9.10. The van der Waals surface area contributed by atoms with Crippen molar-refractivity contribution in [3.63, 3.8) is 0 Å². The van der Waals surface area contributed by atoms with Crippen LogP contribution in [0.5, 0.6) is 11.5 Å². The van der Waals surface area contributed by atoms with Crippen LogP contribution in [-0.4, -0.2) is 19.3 Å². The van der Waals surface area contributed by atoms with Gasteiger partial charge in [0.15, 0.2) is 11.5 Å². The number of hydrogen-bond acceptors (Lipinski definition) is 3. The number of benzene rings is 1. The van der Waals surface area contributed by atoms with Crippen molar-refractivity contribution in [2.45, 2.75) is 45.6 Å². The summed E-state index contributed by atoms with van der Waals surface area (Å²) in [7, 11) is 3.22. The molecule has 0 spiro atoms. The van der Waals surface area contributed by atoms with Crippen LogP contribution < -0.4 is 9.47 Å². The van der Waals surface area contributed by atoms with Crippen molar-refractivity contribution in [1.29, 1.82) is 0 Å². The molecule has 1 rings (SSSR count). The number of rotatable bonds is 8. The van der Waals surface area contributed by atoms with Crippen molar-refractivity contribution >= 4 is 15.9 Å². The van der Waals surface area contributed by atoms with E-state index in [1.54, 1.807) is 14.2 Å². The number of halogens is 1. The summed E-state index contributed by atoms with van der Waals surface area (Å²) in [5.74, 6) is 1.58. The van der Waals surface area contributed by atoms with Gasteiger partial charge in [-0.3, -0.25) is 0 Å². The van der Waals surface area contributed by atoms with Crippen LogP contribution in [-0.2, 0) is 0 Å². The quantitative estimate of drug-likeness (QED) is 0.741. The molecule has 2 atom stereocenters. The predicted octanol–water partition coefficient (Wildman–Crippen LogP) is 4.72. The molecule has 0 fully saturated rings. The van der Waals surface area contributed by atoms with E-state index in [0.717, 1.165) is 35.7 Å². The largest absolute Gasteiger partial charge is 0.493 e. The van der Waals surface area contributed by atoms with Crippen LogP contribution in [0.15, 0.2) is 16.6 Å². The molecule has 4 heteroatoms. The van der Waals surface area contributed by atoms with Gasteiger partial charge in [-0.1, -0.05) is 49.0 Å². The summed E-state index contributed by atoms with van der Waals surface area (Å²) in [4.78, 5) is 0. The molecule has 114 valence electrons. The van der Waals surface area contributed by atoms with Gasteiger partial charge in [0.2, 0.25) is 0 Å². The van der Waals surface area contributed by atoms with Gasteiger partial charge in [0.1, 0.15) is 0 Å². The van der Waals surface area contributed by atoms with Gasteiger partial charge in [0.05, 0.1) is 20.3 Å². The van der Waals surface area contributed by atoms with Gasteiger partial charge in [0, 0.05) is 4.47 Å². The van der Waals surface area contributed by atoms with Crippen molar-refractivity contribution in [2.75, 3.05) is 14.2 Å². The van der Waals surface area contributed by atoms with Crippen LogP contribution in [0.3, 0.4) is 0 Å². The van der Waals surface area contributed by atoms with E-state index >= 15 is 0 Å². The summed E-state index contributed by atoms with van der Waals surface area (Å²) in [6.45, 7) is 4.30. The first kappa shape index (κ1) is 17.3. The number of aliphatic hydroxyl groups is 1. The Bertz CT molecular complexity index is 420. The van der Waals surface area contributed by atoms with Crippen LogP contribution in [0.25, 0.3) is 0 Å². The van der Waals surface area contributed by atoms with Crippen molar-refractivity contribution in [3.8, 4) is 11.5 Å². The van der Waals surface area contributed by atoms with Crippen LogP contribution in [0.1, 0.15) is 51.2 Å². The Morgan fingerprint density at radius 3 is 2.25 bits per heavy atom. The lowest BCUT2D eigenvalue weighted by molar-refractivity contribution is 0.0979. The second-order valence-electron chi connectivity index (χ2n) is 4.98. The predicted molar refractivity (Wildman–Crippen MR) is 85.5 cm³/mol. The molecule has 0 saturated heterocycles. The molecular formula is C16H25BrO3. The molecule has 0 aliphatic rings. The molecule has 0 radical (unpaired) electrons. The van der Waals surface area contributed by atoms with Crippen molar-refractivity contribution in [2.24, 2.45) is 5.92 Å². The topological polar surface area (TPSA) is 38.7 Å². The third-order valence-electron chi connectivity index (χ3n) is 3.72. The fourth-order valence-electron chi connectivity index (χ4n) is 2.40. The van der Waals surface area contributed by atoms with Crippen LogP contribution in [0.2, 0.25) is 0 Å². The molecule has 1 aromatic carbocycles. The van der Waals surface area contributed by atoms with Gasteiger partial charge in [-0.25, -0.2) is 0 Å².